The van der Waals surface area contributed by atoms with Gasteiger partial charge < -0.3 is 33.4 Å². The van der Waals surface area contributed by atoms with E-state index in [1.165, 1.54) is 0 Å². The van der Waals surface area contributed by atoms with Gasteiger partial charge in [-0.25, -0.2) is 14.8 Å². The maximum absolute atomic E-state index is 15.7. The number of anilines is 1. The zero-order chi connectivity index (χ0) is 44.0. The lowest BCUT2D eigenvalue weighted by Crippen LogP contribution is -2.43. The van der Waals surface area contributed by atoms with Gasteiger partial charge in [0.25, 0.3) is 5.91 Å². The lowest BCUT2D eigenvalue weighted by Gasteiger charge is -2.35. The monoisotopic (exact) mass is 874 g/mol. The third-order valence-electron chi connectivity index (χ3n) is 11.6. The van der Waals surface area contributed by atoms with Crippen LogP contribution in [0.25, 0.3) is 32.9 Å². The molecule has 1 N–H and O–H groups in total. The van der Waals surface area contributed by atoms with Gasteiger partial charge in [0.05, 0.1) is 47.2 Å². The van der Waals surface area contributed by atoms with Crippen LogP contribution < -0.4 is 14.4 Å². The summed E-state index contributed by atoms with van der Waals surface area (Å²) < 4.78 is 21.6. The lowest BCUT2D eigenvalue weighted by molar-refractivity contribution is 0.0686. The number of aromatic nitrogens is 5. The second-order valence-corrected chi connectivity index (χ2v) is 16.7. The van der Waals surface area contributed by atoms with Crippen molar-refractivity contribution >= 4 is 62.6 Å². The minimum atomic E-state index is -1.10. The summed E-state index contributed by atoms with van der Waals surface area (Å²) in [6, 6.07) is 18.4. The van der Waals surface area contributed by atoms with Crippen LogP contribution in [0.2, 0.25) is 10.0 Å². The van der Waals surface area contributed by atoms with Gasteiger partial charge in [-0.3, -0.25) is 9.78 Å². The number of pyridine rings is 1. The smallest absolute Gasteiger partial charge is 0.352 e. The zero-order valence-corrected chi connectivity index (χ0v) is 37.3. The van der Waals surface area contributed by atoms with Gasteiger partial charge in [0, 0.05) is 69.8 Å². The van der Waals surface area contributed by atoms with Crippen molar-refractivity contribution in [3.05, 3.63) is 128 Å². The number of ether oxygens (including phenoxy) is 3. The highest BCUT2D eigenvalue weighted by molar-refractivity contribution is 6.35. The zero-order valence-electron chi connectivity index (χ0n) is 35.8. The van der Waals surface area contributed by atoms with Crippen LogP contribution in [0.4, 0.5) is 5.69 Å². The standard InChI is InChI=1S/C48H48Cl2N6O6/c1-26-18-34(19-27(2)43(26)50)61-15-9-12-36-37-13-14-38(49)42(41-30(5)51-25-52-31(41)6)45(37)56-29(4)23-55(47(57)46(36)56)39-22-35(62-17-16-60-7)20-32-21-40(48(58)59)54(44(32)39)24-33-11-8-10-28(3)53-33/h8,10-11,13-14,18-22,25,29H,9,12,15-17,23-24H2,1-7H3,(H,58,59). The van der Waals surface area contributed by atoms with Crippen molar-refractivity contribution in [2.75, 3.05) is 38.4 Å². The first-order chi connectivity index (χ1) is 29.8. The number of carboxylic acids is 1. The number of halogens is 2. The average Bonchev–Trinajstić information content (AvgIpc) is 3.76. The molecule has 1 amide bonds. The van der Waals surface area contributed by atoms with Crippen LogP contribution in [0.3, 0.4) is 0 Å². The van der Waals surface area contributed by atoms with E-state index >= 15 is 4.79 Å². The molecule has 0 saturated carbocycles. The Balaban J connectivity index is 1.31. The molecule has 12 nitrogen and oxygen atoms in total. The second-order valence-electron chi connectivity index (χ2n) is 15.9. The Morgan fingerprint density at radius 3 is 2.27 bits per heavy atom. The van der Waals surface area contributed by atoms with Crippen LogP contribution in [-0.4, -0.2) is 74.5 Å². The third-order valence-corrected chi connectivity index (χ3v) is 12.5. The number of aryl methyl sites for hydroxylation is 6. The maximum Gasteiger partial charge on any atom is 0.352 e. The minimum absolute atomic E-state index is 0.0621. The fraction of sp³-hybridized carbons (Fsp3) is 0.312. The predicted molar refractivity (Wildman–Crippen MR) is 243 cm³/mol. The summed E-state index contributed by atoms with van der Waals surface area (Å²) in [5.74, 6) is -0.136. The Kier molecular flexibility index (Phi) is 12.0. The molecule has 1 unspecified atom stereocenters. The summed E-state index contributed by atoms with van der Waals surface area (Å²) in [6.07, 6.45) is 2.65. The first-order valence-corrected chi connectivity index (χ1v) is 21.3. The van der Waals surface area contributed by atoms with E-state index in [-0.39, 0.29) is 37.3 Å². The number of carboxylic acid groups (broad SMARTS) is 1. The van der Waals surface area contributed by atoms with Gasteiger partial charge in [0.2, 0.25) is 0 Å². The summed E-state index contributed by atoms with van der Waals surface area (Å²) in [5, 5.41) is 13.3. The van der Waals surface area contributed by atoms with Crippen molar-refractivity contribution in [2.24, 2.45) is 0 Å². The molecule has 0 aliphatic carbocycles. The van der Waals surface area contributed by atoms with Gasteiger partial charge >= 0.3 is 5.97 Å². The molecular formula is C48H48Cl2N6O6. The van der Waals surface area contributed by atoms with E-state index in [4.69, 9.17) is 42.4 Å². The number of nitrogens with zero attached hydrogens (tertiary/aromatic N) is 6. The Morgan fingerprint density at radius 2 is 1.58 bits per heavy atom. The molecule has 7 aromatic rings. The summed E-state index contributed by atoms with van der Waals surface area (Å²) in [7, 11) is 1.60. The largest absolute Gasteiger partial charge is 0.494 e. The Labute approximate surface area is 370 Å². The number of benzene rings is 3. The molecular weight excluding hydrogens is 827 g/mol. The fourth-order valence-corrected chi connectivity index (χ4v) is 9.20. The van der Waals surface area contributed by atoms with Crippen LogP contribution in [0.5, 0.6) is 11.5 Å². The molecule has 8 rings (SSSR count). The molecule has 0 fully saturated rings. The Hall–Kier alpha value is -5.95. The molecule has 0 bridgehead atoms. The first-order valence-electron chi connectivity index (χ1n) is 20.6. The summed E-state index contributed by atoms with van der Waals surface area (Å²) >= 11 is 13.6. The molecule has 320 valence electrons. The quantitative estimate of drug-likeness (QED) is 0.106. The number of methoxy groups -OCH3 is 1. The summed E-state index contributed by atoms with van der Waals surface area (Å²) in [6.45, 7) is 13.2. The number of fused-ring (bicyclic) bond motifs is 4. The van der Waals surface area contributed by atoms with Crippen molar-refractivity contribution in [3.8, 4) is 22.6 Å². The molecule has 3 aromatic carbocycles. The molecule has 5 heterocycles. The number of hydrogen-bond donors (Lipinski definition) is 1. The van der Waals surface area contributed by atoms with Gasteiger partial charge in [0.1, 0.15) is 35.8 Å². The van der Waals surface area contributed by atoms with Crippen molar-refractivity contribution in [1.29, 1.82) is 0 Å². The van der Waals surface area contributed by atoms with Crippen LogP contribution in [-0.2, 0) is 17.7 Å². The molecule has 1 aliphatic rings. The van der Waals surface area contributed by atoms with Crippen LogP contribution in [0.15, 0.2) is 67.0 Å². The summed E-state index contributed by atoms with van der Waals surface area (Å²) in [4.78, 5) is 44.2. The van der Waals surface area contributed by atoms with E-state index in [2.05, 4.69) is 21.5 Å². The number of hydrogen-bond acceptors (Lipinski definition) is 8. The van der Waals surface area contributed by atoms with Crippen molar-refractivity contribution in [3.63, 3.8) is 0 Å². The Morgan fingerprint density at radius 1 is 0.871 bits per heavy atom. The van der Waals surface area contributed by atoms with E-state index in [0.717, 1.165) is 61.6 Å². The summed E-state index contributed by atoms with van der Waals surface area (Å²) in [5.41, 5.74) is 9.86. The van der Waals surface area contributed by atoms with E-state index < -0.39 is 5.97 Å². The van der Waals surface area contributed by atoms with Crippen molar-refractivity contribution < 1.29 is 28.9 Å². The highest BCUT2D eigenvalue weighted by Gasteiger charge is 2.38. The molecule has 1 aliphatic heterocycles. The normalized spacial score (nSPS) is 13.9. The number of carbonyl (C=O) groups excluding carboxylic acids is 1. The highest BCUT2D eigenvalue weighted by atomic mass is 35.5. The molecule has 62 heavy (non-hydrogen) atoms. The molecule has 0 spiro atoms. The topological polar surface area (TPSA) is 134 Å². The van der Waals surface area contributed by atoms with E-state index in [9.17, 15) is 9.90 Å². The molecule has 0 radical (unpaired) electrons. The van der Waals surface area contributed by atoms with Crippen LogP contribution in [0, 0.1) is 34.6 Å². The molecule has 1 atom stereocenters. The molecule has 14 heteroatoms. The van der Waals surface area contributed by atoms with E-state index in [1.54, 1.807) is 29.0 Å². The third kappa shape index (κ3) is 7.87. The van der Waals surface area contributed by atoms with Gasteiger partial charge in [-0.05, 0) is 114 Å². The van der Waals surface area contributed by atoms with E-state index in [0.29, 0.717) is 69.8 Å². The molecule has 4 aromatic heterocycles. The average molecular weight is 876 g/mol. The van der Waals surface area contributed by atoms with Crippen molar-refractivity contribution in [2.45, 2.75) is 67.0 Å². The van der Waals surface area contributed by atoms with Gasteiger partial charge in [-0.15, -0.1) is 0 Å². The number of amides is 1. The minimum Gasteiger partial charge on any atom is -0.494 e. The number of rotatable bonds is 14. The van der Waals surface area contributed by atoms with Gasteiger partial charge in [-0.1, -0.05) is 35.3 Å². The van der Waals surface area contributed by atoms with Gasteiger partial charge in [0.15, 0.2) is 0 Å². The highest BCUT2D eigenvalue weighted by Crippen LogP contribution is 2.46. The van der Waals surface area contributed by atoms with Gasteiger partial charge in [-0.2, -0.15) is 0 Å². The SMILES string of the molecule is COCCOc1cc(N2CC(C)n3c(c(CCCOc4cc(C)c(Cl)c(C)c4)c4ccc(Cl)c(-c5c(C)ncnc5C)c43)C2=O)c2c(c1)cc(C(=O)O)n2Cc1cccc(C)n1. The fourth-order valence-electron chi connectivity index (χ4n) is 8.84. The van der Waals surface area contributed by atoms with E-state index in [1.807, 2.05) is 89.2 Å². The Bertz CT molecular complexity index is 2860. The number of aromatic carboxylic acids is 1. The maximum atomic E-state index is 15.7. The van der Waals surface area contributed by atoms with Crippen LogP contribution in [0.1, 0.15) is 79.8 Å². The van der Waals surface area contributed by atoms with Crippen molar-refractivity contribution in [1.82, 2.24) is 24.1 Å². The second kappa shape index (κ2) is 17.4. The first kappa shape index (κ1) is 42.7. The predicted octanol–water partition coefficient (Wildman–Crippen LogP) is 10.3. The molecule has 0 saturated heterocycles. The number of carbonyl (C=O) groups is 2. The van der Waals surface area contributed by atoms with Crippen LogP contribution >= 0.6 is 23.2 Å². The lowest BCUT2D eigenvalue weighted by atomic mass is 9.97.